The molecule has 0 saturated heterocycles. The van der Waals surface area contributed by atoms with E-state index >= 15 is 0 Å². The Bertz CT molecular complexity index is 488. The van der Waals surface area contributed by atoms with Crippen LogP contribution in [-0.2, 0) is 11.2 Å². The average molecular weight is 338 g/mol. The summed E-state index contributed by atoms with van der Waals surface area (Å²) in [5.41, 5.74) is 0.386. The van der Waals surface area contributed by atoms with Crippen LogP contribution in [0, 0.1) is 0 Å². The number of benzene rings is 1. The van der Waals surface area contributed by atoms with Gasteiger partial charge in [0.1, 0.15) is 11.8 Å². The Balaban J connectivity index is 2.72. The Labute approximate surface area is 144 Å². The lowest BCUT2D eigenvalue weighted by Crippen LogP contribution is -2.51. The van der Waals surface area contributed by atoms with E-state index in [9.17, 15) is 15.0 Å². The summed E-state index contributed by atoms with van der Waals surface area (Å²) in [7, 11) is 0. The zero-order valence-corrected chi connectivity index (χ0v) is 15.0. The molecule has 136 valence electrons. The Morgan fingerprint density at radius 3 is 2.38 bits per heavy atom. The van der Waals surface area contributed by atoms with Gasteiger partial charge in [0.2, 0.25) is 0 Å². The normalized spacial score (nSPS) is 15.4. The molecule has 0 heterocycles. The van der Waals surface area contributed by atoms with Gasteiger partial charge in [-0.15, -0.1) is 0 Å². The lowest BCUT2D eigenvalue weighted by atomic mass is 10.0. The van der Waals surface area contributed by atoms with E-state index in [1.165, 1.54) is 0 Å². The molecule has 6 nitrogen and oxygen atoms in total. The van der Waals surface area contributed by atoms with Crippen LogP contribution in [0.1, 0.15) is 39.7 Å². The van der Waals surface area contributed by atoms with Gasteiger partial charge in [-0.3, -0.25) is 5.32 Å². The van der Waals surface area contributed by atoms with E-state index in [0.29, 0.717) is 12.8 Å². The highest BCUT2D eigenvalue weighted by molar-refractivity contribution is 5.68. The van der Waals surface area contributed by atoms with Gasteiger partial charge in [0, 0.05) is 6.54 Å². The number of nitrogens with one attached hydrogen (secondary N) is 2. The van der Waals surface area contributed by atoms with Gasteiger partial charge in [-0.2, -0.15) is 0 Å². The number of carbonyl (C=O) groups excluding carboxylic acids is 1. The fourth-order valence-electron chi connectivity index (χ4n) is 2.15. The van der Waals surface area contributed by atoms with Crippen molar-refractivity contribution in [2.75, 3.05) is 6.54 Å². The minimum atomic E-state index is -0.862. The van der Waals surface area contributed by atoms with Crippen LogP contribution in [-0.4, -0.2) is 46.8 Å². The van der Waals surface area contributed by atoms with E-state index in [1.807, 2.05) is 37.3 Å². The molecular weight excluding hydrogens is 308 g/mol. The first-order chi connectivity index (χ1) is 11.2. The van der Waals surface area contributed by atoms with Crippen LogP contribution >= 0.6 is 0 Å². The van der Waals surface area contributed by atoms with Gasteiger partial charge in [0.05, 0.1) is 12.1 Å². The molecule has 1 aromatic carbocycles. The lowest BCUT2D eigenvalue weighted by molar-refractivity contribution is 0.0394. The number of hydrogen-bond donors (Lipinski definition) is 4. The van der Waals surface area contributed by atoms with E-state index in [0.717, 1.165) is 5.56 Å². The van der Waals surface area contributed by atoms with Gasteiger partial charge in [-0.05, 0) is 39.2 Å². The molecule has 1 aromatic rings. The molecular formula is C18H30N2O4. The summed E-state index contributed by atoms with van der Waals surface area (Å²) < 4.78 is 5.27. The van der Waals surface area contributed by atoms with Crippen LogP contribution < -0.4 is 10.6 Å². The van der Waals surface area contributed by atoms with Crippen LogP contribution in [0.4, 0.5) is 4.79 Å². The summed E-state index contributed by atoms with van der Waals surface area (Å²) in [6, 6.07) is 9.07. The van der Waals surface area contributed by atoms with Crippen molar-refractivity contribution in [1.82, 2.24) is 10.6 Å². The van der Waals surface area contributed by atoms with Gasteiger partial charge in [0.15, 0.2) is 0 Å². The van der Waals surface area contributed by atoms with E-state index in [4.69, 9.17) is 4.74 Å². The highest BCUT2D eigenvalue weighted by Gasteiger charge is 2.25. The van der Waals surface area contributed by atoms with Crippen LogP contribution in [0.25, 0.3) is 0 Å². The minimum absolute atomic E-state index is 0.169. The molecule has 4 N–H and O–H groups in total. The van der Waals surface area contributed by atoms with Gasteiger partial charge in [-0.25, -0.2) is 4.79 Å². The predicted octanol–water partition coefficient (Wildman–Crippen LogP) is 1.80. The van der Waals surface area contributed by atoms with Crippen molar-refractivity contribution in [1.29, 1.82) is 0 Å². The van der Waals surface area contributed by atoms with Crippen LogP contribution in [0.2, 0.25) is 0 Å². The number of ether oxygens (including phenoxy) is 1. The highest BCUT2D eigenvalue weighted by Crippen LogP contribution is 2.10. The summed E-state index contributed by atoms with van der Waals surface area (Å²) in [5, 5.41) is 25.6. The summed E-state index contributed by atoms with van der Waals surface area (Å²) in [6.07, 6.45) is -1.11. The maximum Gasteiger partial charge on any atom is 0.407 e. The highest BCUT2D eigenvalue weighted by atomic mass is 16.6. The maximum absolute atomic E-state index is 12.0. The second-order valence-corrected chi connectivity index (χ2v) is 6.84. The first-order valence-electron chi connectivity index (χ1n) is 8.34. The lowest BCUT2D eigenvalue weighted by Gasteiger charge is -2.27. The number of hydrogen-bond acceptors (Lipinski definition) is 5. The third kappa shape index (κ3) is 8.29. The Kier molecular flexibility index (Phi) is 8.18. The van der Waals surface area contributed by atoms with Gasteiger partial charge >= 0.3 is 6.09 Å². The SMILES string of the molecule is CCC(O)NC[C@@H](O)[C@H](Cc1ccccc1)NC(=O)OC(C)(C)C. The molecule has 3 atom stereocenters. The monoisotopic (exact) mass is 338 g/mol. The molecule has 0 radical (unpaired) electrons. The quantitative estimate of drug-likeness (QED) is 0.543. The second-order valence-electron chi connectivity index (χ2n) is 6.84. The van der Waals surface area contributed by atoms with Gasteiger partial charge in [0.25, 0.3) is 0 Å². The van der Waals surface area contributed by atoms with Crippen molar-refractivity contribution in [2.45, 2.75) is 64.5 Å². The first kappa shape index (κ1) is 20.4. The Hall–Kier alpha value is -1.63. The molecule has 0 aliphatic carbocycles. The molecule has 0 fully saturated rings. The summed E-state index contributed by atoms with van der Waals surface area (Å²) in [4.78, 5) is 12.0. The standard InChI is InChI=1S/C18H30N2O4/c1-5-16(22)19-12-15(21)14(11-13-9-7-6-8-10-13)20-17(23)24-18(2,3)4/h6-10,14-16,19,21-22H,5,11-12H2,1-4H3,(H,20,23)/t14-,15+,16?/m0/s1. The molecule has 24 heavy (non-hydrogen) atoms. The summed E-state index contributed by atoms with van der Waals surface area (Å²) in [5.74, 6) is 0. The van der Waals surface area contributed by atoms with Crippen molar-refractivity contribution in [3.05, 3.63) is 35.9 Å². The molecule has 0 saturated carbocycles. The first-order valence-corrected chi connectivity index (χ1v) is 8.34. The Morgan fingerprint density at radius 2 is 1.83 bits per heavy atom. The number of carbonyl (C=O) groups is 1. The predicted molar refractivity (Wildman–Crippen MR) is 93.6 cm³/mol. The van der Waals surface area contributed by atoms with Gasteiger partial charge in [-0.1, -0.05) is 37.3 Å². The van der Waals surface area contributed by atoms with Crippen LogP contribution in [0.5, 0.6) is 0 Å². The smallest absolute Gasteiger partial charge is 0.407 e. The van der Waals surface area contributed by atoms with Crippen molar-refractivity contribution in [3.63, 3.8) is 0 Å². The van der Waals surface area contributed by atoms with Crippen molar-refractivity contribution < 1.29 is 19.7 Å². The van der Waals surface area contributed by atoms with Crippen LogP contribution in [0.3, 0.4) is 0 Å². The molecule has 1 unspecified atom stereocenters. The third-order valence-electron chi connectivity index (χ3n) is 3.41. The fraction of sp³-hybridized carbons (Fsp3) is 0.611. The van der Waals surface area contributed by atoms with E-state index in [2.05, 4.69) is 10.6 Å². The minimum Gasteiger partial charge on any atom is -0.444 e. The van der Waals surface area contributed by atoms with Gasteiger partial charge < -0.3 is 20.3 Å². The largest absolute Gasteiger partial charge is 0.444 e. The molecule has 1 amide bonds. The topological polar surface area (TPSA) is 90.8 Å². The number of aliphatic hydroxyl groups is 2. The average Bonchev–Trinajstić information content (AvgIpc) is 2.50. The molecule has 0 aliphatic rings. The molecule has 0 bridgehead atoms. The van der Waals surface area contributed by atoms with Crippen molar-refractivity contribution >= 4 is 6.09 Å². The zero-order chi connectivity index (χ0) is 18.2. The number of amides is 1. The maximum atomic E-state index is 12.0. The molecule has 1 rings (SSSR count). The Morgan fingerprint density at radius 1 is 1.21 bits per heavy atom. The van der Waals surface area contributed by atoms with Crippen LogP contribution in [0.15, 0.2) is 30.3 Å². The second kappa shape index (κ2) is 9.61. The summed E-state index contributed by atoms with van der Waals surface area (Å²) in [6.45, 7) is 7.36. The van der Waals surface area contributed by atoms with E-state index in [-0.39, 0.29) is 6.54 Å². The third-order valence-corrected chi connectivity index (χ3v) is 3.41. The van der Waals surface area contributed by atoms with Crippen molar-refractivity contribution in [3.8, 4) is 0 Å². The van der Waals surface area contributed by atoms with Crippen molar-refractivity contribution in [2.24, 2.45) is 0 Å². The van der Waals surface area contributed by atoms with E-state index in [1.54, 1.807) is 20.8 Å². The summed E-state index contributed by atoms with van der Waals surface area (Å²) >= 11 is 0. The molecule has 0 spiro atoms. The molecule has 0 aliphatic heterocycles. The fourth-order valence-corrected chi connectivity index (χ4v) is 2.15. The number of rotatable bonds is 8. The van der Waals surface area contributed by atoms with E-state index < -0.39 is 30.1 Å². The number of aliphatic hydroxyl groups excluding tert-OH is 2. The zero-order valence-electron chi connectivity index (χ0n) is 15.0. The molecule has 0 aromatic heterocycles. The number of alkyl carbamates (subject to hydrolysis) is 1. The molecule has 6 heteroatoms.